The molecule has 0 aliphatic heterocycles. The van der Waals surface area contributed by atoms with Crippen molar-refractivity contribution in [1.29, 1.82) is 0 Å². The Kier molecular flexibility index (Phi) is 10.4. The Labute approximate surface area is 92.5 Å². The van der Waals surface area contributed by atoms with E-state index in [2.05, 4.69) is 13.5 Å². The number of ether oxygens (including phenoxy) is 2. The van der Waals surface area contributed by atoms with Crippen LogP contribution >= 0.6 is 0 Å². The van der Waals surface area contributed by atoms with E-state index in [-0.39, 0.29) is 0 Å². The first-order chi connectivity index (χ1) is 7.31. The molecule has 0 aromatic carbocycles. The Bertz CT molecular complexity index is 166. The van der Waals surface area contributed by atoms with Gasteiger partial charge in [-0.2, -0.15) is 0 Å². The van der Waals surface area contributed by atoms with Gasteiger partial charge in [0.1, 0.15) is 0 Å². The molecule has 0 radical (unpaired) electrons. The summed E-state index contributed by atoms with van der Waals surface area (Å²) in [6, 6.07) is 0. The third kappa shape index (κ3) is 10.9. The van der Waals surface area contributed by atoms with Crippen LogP contribution in [0.4, 0.5) is 4.79 Å². The second-order valence-corrected chi connectivity index (χ2v) is 3.44. The monoisotopic (exact) mass is 214 g/mol. The van der Waals surface area contributed by atoms with Gasteiger partial charge in [-0.05, 0) is 12.8 Å². The van der Waals surface area contributed by atoms with E-state index in [0.29, 0.717) is 19.6 Å². The number of carbonyl (C=O) groups is 1. The summed E-state index contributed by atoms with van der Waals surface area (Å²) >= 11 is 0. The molecule has 0 aromatic rings. The van der Waals surface area contributed by atoms with Crippen LogP contribution in [0.15, 0.2) is 12.7 Å². The number of carbonyl (C=O) groups excluding carboxylic acids is 1. The molecule has 3 nitrogen and oxygen atoms in total. The maximum Gasteiger partial charge on any atom is 0.508 e. The minimum atomic E-state index is -0.563. The van der Waals surface area contributed by atoms with Crippen LogP contribution in [0.5, 0.6) is 0 Å². The fourth-order valence-electron chi connectivity index (χ4n) is 1.13. The number of hydrogen-bond acceptors (Lipinski definition) is 3. The summed E-state index contributed by atoms with van der Waals surface area (Å²) in [5.74, 6) is 0. The first kappa shape index (κ1) is 14.0. The highest BCUT2D eigenvalue weighted by Crippen LogP contribution is 2.02. The molecule has 0 saturated heterocycles. The fourth-order valence-corrected chi connectivity index (χ4v) is 1.13. The van der Waals surface area contributed by atoms with Gasteiger partial charge in [0.05, 0.1) is 13.2 Å². The second-order valence-electron chi connectivity index (χ2n) is 3.44. The minimum Gasteiger partial charge on any atom is -0.434 e. The van der Waals surface area contributed by atoms with Crippen LogP contribution in [0.2, 0.25) is 0 Å². The van der Waals surface area contributed by atoms with Crippen molar-refractivity contribution in [2.45, 2.75) is 45.4 Å². The molecule has 0 bridgehead atoms. The summed E-state index contributed by atoms with van der Waals surface area (Å²) in [5.41, 5.74) is 0. The van der Waals surface area contributed by atoms with Gasteiger partial charge in [-0.3, -0.25) is 0 Å². The van der Waals surface area contributed by atoms with Crippen LogP contribution in [0.1, 0.15) is 45.4 Å². The van der Waals surface area contributed by atoms with E-state index < -0.39 is 6.16 Å². The van der Waals surface area contributed by atoms with Gasteiger partial charge < -0.3 is 9.47 Å². The zero-order valence-electron chi connectivity index (χ0n) is 9.67. The average Bonchev–Trinajstić information content (AvgIpc) is 2.23. The van der Waals surface area contributed by atoms with Crippen LogP contribution in [0.25, 0.3) is 0 Å². The van der Waals surface area contributed by atoms with Crippen LogP contribution in [-0.4, -0.2) is 19.4 Å². The number of unbranched alkanes of at least 4 members (excludes halogenated alkanes) is 4. The average molecular weight is 214 g/mol. The van der Waals surface area contributed by atoms with Crippen molar-refractivity contribution >= 4 is 6.16 Å². The van der Waals surface area contributed by atoms with Crippen molar-refractivity contribution in [3.05, 3.63) is 12.7 Å². The molecule has 0 aliphatic carbocycles. The van der Waals surface area contributed by atoms with Crippen LogP contribution in [0.3, 0.4) is 0 Å². The summed E-state index contributed by atoms with van der Waals surface area (Å²) in [6.45, 7) is 6.53. The van der Waals surface area contributed by atoms with Crippen molar-refractivity contribution in [2.24, 2.45) is 0 Å². The quantitative estimate of drug-likeness (QED) is 0.333. The highest BCUT2D eigenvalue weighted by Gasteiger charge is 2.01. The molecule has 0 atom stereocenters. The van der Waals surface area contributed by atoms with Crippen molar-refractivity contribution in [3.8, 4) is 0 Å². The van der Waals surface area contributed by atoms with Crippen LogP contribution < -0.4 is 0 Å². The Morgan fingerprint density at radius 3 is 2.47 bits per heavy atom. The lowest BCUT2D eigenvalue weighted by Crippen LogP contribution is -2.09. The molecular weight excluding hydrogens is 192 g/mol. The SMILES string of the molecule is C=CCCOC(=O)OCCCCCCC. The van der Waals surface area contributed by atoms with Gasteiger partial charge >= 0.3 is 6.16 Å². The fraction of sp³-hybridized carbons (Fsp3) is 0.750. The van der Waals surface area contributed by atoms with Crippen LogP contribution in [-0.2, 0) is 9.47 Å². The van der Waals surface area contributed by atoms with Gasteiger partial charge in [0.15, 0.2) is 0 Å². The number of rotatable bonds is 9. The molecule has 0 amide bonds. The highest BCUT2D eigenvalue weighted by atomic mass is 16.7. The maximum atomic E-state index is 10.9. The summed E-state index contributed by atoms with van der Waals surface area (Å²) in [5, 5.41) is 0. The summed E-state index contributed by atoms with van der Waals surface area (Å²) in [7, 11) is 0. The molecule has 0 aliphatic rings. The molecule has 0 saturated carbocycles. The molecule has 0 N–H and O–H groups in total. The third-order valence-electron chi connectivity index (χ3n) is 2.01. The lowest BCUT2D eigenvalue weighted by Gasteiger charge is -2.04. The third-order valence-corrected chi connectivity index (χ3v) is 2.01. The number of hydrogen-bond donors (Lipinski definition) is 0. The van der Waals surface area contributed by atoms with Gasteiger partial charge in [-0.25, -0.2) is 4.79 Å². The van der Waals surface area contributed by atoms with Crippen molar-refractivity contribution in [3.63, 3.8) is 0 Å². The Balaban J connectivity index is 3.13. The van der Waals surface area contributed by atoms with E-state index in [1.165, 1.54) is 19.3 Å². The molecule has 0 fully saturated rings. The maximum absolute atomic E-state index is 10.9. The molecule has 15 heavy (non-hydrogen) atoms. The zero-order valence-corrected chi connectivity index (χ0v) is 9.67. The Morgan fingerprint density at radius 2 is 1.80 bits per heavy atom. The molecule has 0 unspecified atom stereocenters. The molecular formula is C12H22O3. The highest BCUT2D eigenvalue weighted by molar-refractivity contribution is 5.59. The van der Waals surface area contributed by atoms with Gasteiger partial charge in [0.25, 0.3) is 0 Å². The molecule has 0 spiro atoms. The largest absolute Gasteiger partial charge is 0.508 e. The van der Waals surface area contributed by atoms with Gasteiger partial charge in [0, 0.05) is 0 Å². The topological polar surface area (TPSA) is 35.5 Å². The molecule has 0 heterocycles. The first-order valence-corrected chi connectivity index (χ1v) is 5.71. The molecule has 88 valence electrons. The predicted molar refractivity (Wildman–Crippen MR) is 60.9 cm³/mol. The standard InChI is InChI=1S/C12H22O3/c1-3-5-7-8-9-11-15-12(13)14-10-6-4-2/h4H,2-3,5-11H2,1H3. The van der Waals surface area contributed by atoms with Gasteiger partial charge in [0.2, 0.25) is 0 Å². The summed E-state index contributed by atoms with van der Waals surface area (Å²) in [4.78, 5) is 10.9. The van der Waals surface area contributed by atoms with E-state index in [9.17, 15) is 4.79 Å². The van der Waals surface area contributed by atoms with E-state index in [1.807, 2.05) is 0 Å². The van der Waals surface area contributed by atoms with Crippen LogP contribution in [0, 0.1) is 0 Å². The van der Waals surface area contributed by atoms with E-state index in [4.69, 9.17) is 9.47 Å². The van der Waals surface area contributed by atoms with E-state index in [1.54, 1.807) is 6.08 Å². The predicted octanol–water partition coefficient (Wildman–Crippen LogP) is 3.69. The zero-order chi connectivity index (χ0) is 11.4. The molecule has 0 rings (SSSR count). The smallest absolute Gasteiger partial charge is 0.434 e. The van der Waals surface area contributed by atoms with E-state index in [0.717, 1.165) is 12.8 Å². The molecule has 0 aromatic heterocycles. The van der Waals surface area contributed by atoms with Gasteiger partial charge in [-0.15, -0.1) is 6.58 Å². The first-order valence-electron chi connectivity index (χ1n) is 5.71. The molecule has 3 heteroatoms. The summed E-state index contributed by atoms with van der Waals surface area (Å²) in [6.07, 6.45) is 7.56. The Morgan fingerprint density at radius 1 is 1.13 bits per heavy atom. The minimum absolute atomic E-state index is 0.359. The van der Waals surface area contributed by atoms with E-state index >= 15 is 0 Å². The summed E-state index contributed by atoms with van der Waals surface area (Å²) < 4.78 is 9.65. The van der Waals surface area contributed by atoms with Gasteiger partial charge in [-0.1, -0.05) is 38.7 Å². The lowest BCUT2D eigenvalue weighted by atomic mass is 10.2. The van der Waals surface area contributed by atoms with Crippen molar-refractivity contribution < 1.29 is 14.3 Å². The lowest BCUT2D eigenvalue weighted by molar-refractivity contribution is 0.0553. The normalized spacial score (nSPS) is 9.67. The second kappa shape index (κ2) is 11.1. The van der Waals surface area contributed by atoms with Crippen molar-refractivity contribution in [2.75, 3.05) is 13.2 Å². The Hall–Kier alpha value is -0.990. The van der Waals surface area contributed by atoms with Crippen molar-refractivity contribution in [1.82, 2.24) is 0 Å².